The Morgan fingerprint density at radius 1 is 1.09 bits per heavy atom. The Balaban J connectivity index is 1.49. The smallest absolute Gasteiger partial charge is 0.265 e. The molecule has 5 heteroatoms. The number of piperidine rings is 1. The van der Waals surface area contributed by atoms with E-state index in [1.807, 2.05) is 40.9 Å². The van der Waals surface area contributed by atoms with Gasteiger partial charge in [0.2, 0.25) is 0 Å². The molecule has 0 aromatic carbocycles. The van der Waals surface area contributed by atoms with Crippen LogP contribution in [0.4, 0.5) is 0 Å². The van der Waals surface area contributed by atoms with E-state index in [2.05, 4.69) is 4.98 Å². The summed E-state index contributed by atoms with van der Waals surface area (Å²) in [6, 6.07) is 3.94. The number of carbonyl (C=O) groups is 1. The molecule has 1 amide bonds. The summed E-state index contributed by atoms with van der Waals surface area (Å²) in [5.74, 6) is 0.149. The van der Waals surface area contributed by atoms with Crippen molar-refractivity contribution in [2.75, 3.05) is 13.1 Å². The minimum absolute atomic E-state index is 0.149. The maximum absolute atomic E-state index is 12.8. The van der Waals surface area contributed by atoms with Crippen molar-refractivity contribution in [3.05, 3.63) is 46.2 Å². The average molecular weight is 327 g/mol. The van der Waals surface area contributed by atoms with E-state index in [9.17, 15) is 4.79 Å². The molecule has 4 rings (SSSR count). The molecule has 2 fully saturated rings. The van der Waals surface area contributed by atoms with Crippen molar-refractivity contribution in [3.63, 3.8) is 0 Å². The van der Waals surface area contributed by atoms with E-state index >= 15 is 0 Å². The number of amides is 1. The average Bonchev–Trinajstić information content (AvgIpc) is 3.15. The number of likely N-dealkylation sites (tertiary alicyclic amines) is 1. The zero-order valence-electron chi connectivity index (χ0n) is 13.4. The number of thiazole rings is 1. The molecule has 23 heavy (non-hydrogen) atoms. The Morgan fingerprint density at radius 3 is 2.35 bits per heavy atom. The third kappa shape index (κ3) is 2.74. The fraction of sp³-hybridized carbons (Fsp3) is 0.444. The molecule has 0 bridgehead atoms. The number of nitrogens with zero attached hydrogens (tertiary/aromatic N) is 3. The normalized spacial score (nSPS) is 18.2. The largest absolute Gasteiger partial charge is 0.337 e. The minimum atomic E-state index is 0.149. The molecule has 2 aromatic rings. The molecule has 2 aromatic heterocycles. The number of aryl methyl sites for hydroxylation is 1. The summed E-state index contributed by atoms with van der Waals surface area (Å²) >= 11 is 1.49. The number of carbonyl (C=O) groups excluding carboxylic acids is 1. The molecular formula is C18H21N3OS. The molecule has 0 atom stereocenters. The van der Waals surface area contributed by atoms with Crippen molar-refractivity contribution in [3.8, 4) is 5.13 Å². The van der Waals surface area contributed by atoms with Gasteiger partial charge in [0.1, 0.15) is 4.88 Å². The fourth-order valence-corrected chi connectivity index (χ4v) is 4.34. The molecule has 2 aliphatic rings. The van der Waals surface area contributed by atoms with Gasteiger partial charge in [-0.15, -0.1) is 0 Å². The number of aromatic nitrogens is 2. The Kier molecular flexibility index (Phi) is 3.81. The summed E-state index contributed by atoms with van der Waals surface area (Å²) in [5.41, 5.74) is 4.13. The first-order valence-electron chi connectivity index (χ1n) is 8.32. The maximum Gasteiger partial charge on any atom is 0.265 e. The van der Waals surface area contributed by atoms with Crippen LogP contribution in [0, 0.1) is 6.92 Å². The number of hydrogen-bond acceptors (Lipinski definition) is 3. The van der Waals surface area contributed by atoms with Crippen LogP contribution in [0.5, 0.6) is 0 Å². The lowest BCUT2D eigenvalue weighted by Crippen LogP contribution is -2.36. The van der Waals surface area contributed by atoms with Gasteiger partial charge < -0.3 is 9.47 Å². The van der Waals surface area contributed by atoms with Crippen molar-refractivity contribution < 1.29 is 4.79 Å². The highest BCUT2D eigenvalue weighted by atomic mass is 32.1. The predicted octanol–water partition coefficient (Wildman–Crippen LogP) is 3.96. The van der Waals surface area contributed by atoms with Gasteiger partial charge in [0.05, 0.1) is 5.69 Å². The van der Waals surface area contributed by atoms with E-state index in [1.54, 1.807) is 11.1 Å². The van der Waals surface area contributed by atoms with Crippen LogP contribution in [-0.2, 0) is 0 Å². The fourth-order valence-electron chi connectivity index (χ4n) is 3.34. The molecule has 0 spiro atoms. The lowest BCUT2D eigenvalue weighted by molar-refractivity contribution is 0.0746. The molecule has 4 nitrogen and oxygen atoms in total. The molecule has 0 N–H and O–H groups in total. The predicted molar refractivity (Wildman–Crippen MR) is 92.2 cm³/mol. The van der Waals surface area contributed by atoms with Crippen molar-refractivity contribution in [2.45, 2.75) is 39.0 Å². The van der Waals surface area contributed by atoms with Crippen LogP contribution in [0.3, 0.4) is 0 Å². The van der Waals surface area contributed by atoms with Crippen LogP contribution in [-0.4, -0.2) is 33.4 Å². The zero-order valence-corrected chi connectivity index (χ0v) is 14.2. The van der Waals surface area contributed by atoms with Crippen LogP contribution in [0.1, 0.15) is 47.5 Å². The third-order valence-electron chi connectivity index (χ3n) is 4.92. The van der Waals surface area contributed by atoms with Crippen LogP contribution in [0.2, 0.25) is 0 Å². The van der Waals surface area contributed by atoms with Crippen LogP contribution < -0.4 is 0 Å². The van der Waals surface area contributed by atoms with Crippen molar-refractivity contribution in [2.24, 2.45) is 0 Å². The van der Waals surface area contributed by atoms with Gasteiger partial charge in [0, 0.05) is 25.5 Å². The molecular weight excluding hydrogens is 306 g/mol. The monoisotopic (exact) mass is 327 g/mol. The zero-order chi connectivity index (χ0) is 15.8. The molecule has 3 heterocycles. The van der Waals surface area contributed by atoms with Gasteiger partial charge in [-0.1, -0.05) is 22.5 Å². The first kappa shape index (κ1) is 14.7. The topological polar surface area (TPSA) is 38.1 Å². The van der Waals surface area contributed by atoms with Crippen molar-refractivity contribution in [1.82, 2.24) is 14.5 Å². The highest BCUT2D eigenvalue weighted by Crippen LogP contribution is 2.34. The van der Waals surface area contributed by atoms with Crippen LogP contribution in [0.25, 0.3) is 5.13 Å². The van der Waals surface area contributed by atoms with Gasteiger partial charge >= 0.3 is 0 Å². The Labute approximate surface area is 140 Å². The van der Waals surface area contributed by atoms with Gasteiger partial charge in [-0.3, -0.25) is 4.79 Å². The van der Waals surface area contributed by atoms with Gasteiger partial charge in [0.25, 0.3) is 5.91 Å². The van der Waals surface area contributed by atoms with Gasteiger partial charge in [-0.2, -0.15) is 0 Å². The number of hydrogen-bond donors (Lipinski definition) is 0. The van der Waals surface area contributed by atoms with Crippen molar-refractivity contribution in [1.29, 1.82) is 0 Å². The lowest BCUT2D eigenvalue weighted by Gasteiger charge is -2.32. The van der Waals surface area contributed by atoms with E-state index in [1.165, 1.54) is 30.6 Å². The molecule has 1 aliphatic carbocycles. The lowest BCUT2D eigenvalue weighted by atomic mass is 9.84. The van der Waals surface area contributed by atoms with Gasteiger partial charge in [-0.25, -0.2) is 4.98 Å². The highest BCUT2D eigenvalue weighted by molar-refractivity contribution is 7.16. The summed E-state index contributed by atoms with van der Waals surface area (Å²) in [6.07, 6.45) is 9.97. The molecule has 0 radical (unpaired) electrons. The second-order valence-corrected chi connectivity index (χ2v) is 7.33. The van der Waals surface area contributed by atoms with Gasteiger partial charge in [-0.05, 0) is 51.2 Å². The van der Waals surface area contributed by atoms with E-state index in [0.29, 0.717) is 0 Å². The van der Waals surface area contributed by atoms with Crippen molar-refractivity contribution >= 4 is 17.2 Å². The van der Waals surface area contributed by atoms with E-state index in [4.69, 9.17) is 0 Å². The van der Waals surface area contributed by atoms with Crippen LogP contribution >= 0.6 is 11.3 Å². The van der Waals surface area contributed by atoms with E-state index < -0.39 is 0 Å². The Morgan fingerprint density at radius 2 is 1.74 bits per heavy atom. The second kappa shape index (κ2) is 5.96. The molecule has 0 unspecified atom stereocenters. The van der Waals surface area contributed by atoms with E-state index in [0.717, 1.165) is 41.6 Å². The van der Waals surface area contributed by atoms with Gasteiger partial charge in [0.15, 0.2) is 5.13 Å². The first-order valence-corrected chi connectivity index (χ1v) is 9.14. The number of rotatable bonds is 2. The summed E-state index contributed by atoms with van der Waals surface area (Å²) in [5, 5.41) is 0.866. The molecule has 1 saturated carbocycles. The third-order valence-corrected chi connectivity index (χ3v) is 6.08. The molecule has 120 valence electrons. The Bertz CT molecular complexity index is 741. The summed E-state index contributed by atoms with van der Waals surface area (Å²) in [7, 11) is 0. The summed E-state index contributed by atoms with van der Waals surface area (Å²) in [4.78, 5) is 20.2. The quantitative estimate of drug-likeness (QED) is 0.783. The molecule has 1 aliphatic heterocycles. The minimum Gasteiger partial charge on any atom is -0.337 e. The summed E-state index contributed by atoms with van der Waals surface area (Å²) in [6.45, 7) is 3.64. The number of allylic oxidation sites excluding steroid dienone is 1. The first-order chi connectivity index (χ1) is 11.2. The standard InChI is InChI=1S/C18H21N3OS/c1-13-16(23-18(19-13)21-9-2-3-10-21)17(22)20-11-7-15(8-12-20)14-5-4-6-14/h2-3,9-10H,4-8,11-12H2,1H3. The van der Waals surface area contributed by atoms with Crippen LogP contribution in [0.15, 0.2) is 35.7 Å². The molecule has 1 saturated heterocycles. The summed E-state index contributed by atoms with van der Waals surface area (Å²) < 4.78 is 1.96. The second-order valence-electron chi connectivity index (χ2n) is 6.35. The Hall–Kier alpha value is -1.88. The maximum atomic E-state index is 12.8. The highest BCUT2D eigenvalue weighted by Gasteiger charge is 2.26. The van der Waals surface area contributed by atoms with E-state index in [-0.39, 0.29) is 5.91 Å². The SMILES string of the molecule is Cc1nc(-n2cccc2)sc1C(=O)N1CCC(=C2CCC2)CC1.